The Bertz CT molecular complexity index is 788. The molecular weight excluding hydrogens is 333 g/mol. The second-order valence-corrected chi connectivity index (χ2v) is 5.93. The van der Waals surface area contributed by atoms with Gasteiger partial charge in [-0.1, -0.05) is 23.7 Å². The van der Waals surface area contributed by atoms with Crippen LogP contribution in [0.15, 0.2) is 42.5 Å². The summed E-state index contributed by atoms with van der Waals surface area (Å²) < 4.78 is 19.2. The number of hydrogen-bond acceptors (Lipinski definition) is 3. The van der Waals surface area contributed by atoms with Crippen LogP contribution in [0.1, 0.15) is 28.8 Å². The Balaban J connectivity index is 1.92. The predicted molar refractivity (Wildman–Crippen MR) is 88.9 cm³/mol. The number of nitrogens with one attached hydrogen (secondary N) is 1. The lowest BCUT2D eigenvalue weighted by molar-refractivity contribution is -0.124. The summed E-state index contributed by atoms with van der Waals surface area (Å²) in [6, 6.07) is 10.2. The second-order valence-electron chi connectivity index (χ2n) is 5.49. The van der Waals surface area contributed by atoms with E-state index in [2.05, 4.69) is 5.32 Å². The highest BCUT2D eigenvalue weighted by molar-refractivity contribution is 6.31. The highest BCUT2D eigenvalue weighted by Gasteiger charge is 2.25. The van der Waals surface area contributed by atoms with Crippen molar-refractivity contribution in [2.24, 2.45) is 0 Å². The average molecular weight is 348 g/mol. The van der Waals surface area contributed by atoms with Gasteiger partial charge in [-0.25, -0.2) is 4.39 Å². The molecule has 0 bridgehead atoms. The maximum absolute atomic E-state index is 13.9. The number of halogens is 2. The molecule has 4 nitrogen and oxygen atoms in total. The van der Waals surface area contributed by atoms with Gasteiger partial charge in [0.1, 0.15) is 11.9 Å². The highest BCUT2D eigenvalue weighted by atomic mass is 35.5. The Labute approximate surface area is 143 Å². The summed E-state index contributed by atoms with van der Waals surface area (Å²) in [5, 5.41) is 3.01. The zero-order valence-corrected chi connectivity index (χ0v) is 13.5. The number of benzene rings is 2. The van der Waals surface area contributed by atoms with Crippen molar-refractivity contribution in [1.82, 2.24) is 0 Å². The Morgan fingerprint density at radius 3 is 2.67 bits per heavy atom. The number of ether oxygens (including phenoxy) is 1. The van der Waals surface area contributed by atoms with Crippen molar-refractivity contribution in [2.45, 2.75) is 18.9 Å². The average Bonchev–Trinajstić information content (AvgIpc) is 3.11. The van der Waals surface area contributed by atoms with E-state index in [1.54, 1.807) is 12.1 Å². The van der Waals surface area contributed by atoms with Gasteiger partial charge in [-0.2, -0.15) is 0 Å². The van der Waals surface area contributed by atoms with Crippen molar-refractivity contribution in [3.63, 3.8) is 0 Å². The number of rotatable bonds is 4. The van der Waals surface area contributed by atoms with Crippen LogP contribution in [-0.4, -0.2) is 24.4 Å². The lowest BCUT2D eigenvalue weighted by Gasteiger charge is -2.14. The third-order valence-corrected chi connectivity index (χ3v) is 4.06. The first-order valence-corrected chi connectivity index (χ1v) is 7.95. The van der Waals surface area contributed by atoms with E-state index < -0.39 is 17.7 Å². The van der Waals surface area contributed by atoms with Gasteiger partial charge >= 0.3 is 0 Å². The molecule has 1 fully saturated rings. The van der Waals surface area contributed by atoms with Crippen molar-refractivity contribution in [1.29, 1.82) is 0 Å². The summed E-state index contributed by atoms with van der Waals surface area (Å²) in [5.41, 5.74) is 0.347. The maximum atomic E-state index is 13.9. The standard InChI is InChI=1S/C18H15ClFNO3/c19-11-7-8-15(21-18(23)16-6-3-9-24-16)13(10-11)17(22)12-4-1-2-5-14(12)20/h1-2,4-5,7-8,10,16H,3,6,9H2,(H,21,23)/t16-/m1/s1. The molecule has 24 heavy (non-hydrogen) atoms. The number of anilines is 1. The van der Waals surface area contributed by atoms with E-state index in [1.807, 2.05) is 0 Å². The maximum Gasteiger partial charge on any atom is 0.253 e. The van der Waals surface area contributed by atoms with Gasteiger partial charge in [-0.05, 0) is 43.2 Å². The first-order valence-electron chi connectivity index (χ1n) is 7.57. The molecule has 1 atom stereocenters. The van der Waals surface area contributed by atoms with Crippen LogP contribution in [0.25, 0.3) is 0 Å². The zero-order chi connectivity index (χ0) is 17.1. The molecule has 0 saturated carbocycles. The van der Waals surface area contributed by atoms with Crippen LogP contribution in [0, 0.1) is 5.82 Å². The summed E-state index contributed by atoms with van der Waals surface area (Å²) in [6.07, 6.45) is 0.924. The van der Waals surface area contributed by atoms with Gasteiger partial charge < -0.3 is 10.1 Å². The molecule has 1 aliphatic rings. The minimum atomic E-state index is -0.626. The normalized spacial score (nSPS) is 16.8. The van der Waals surface area contributed by atoms with Crippen molar-refractivity contribution in [2.75, 3.05) is 11.9 Å². The number of carbonyl (C=O) groups is 2. The summed E-state index contributed by atoms with van der Waals surface area (Å²) in [6.45, 7) is 0.541. The molecule has 1 aliphatic heterocycles. The van der Waals surface area contributed by atoms with Crippen LogP contribution >= 0.6 is 11.6 Å². The minimum absolute atomic E-state index is 0.0765. The van der Waals surface area contributed by atoms with Gasteiger partial charge in [0.2, 0.25) is 0 Å². The molecular formula is C18H15ClFNO3. The molecule has 2 aromatic rings. The van der Waals surface area contributed by atoms with Gasteiger partial charge in [-0.3, -0.25) is 9.59 Å². The molecule has 3 rings (SSSR count). The number of hydrogen-bond donors (Lipinski definition) is 1. The first-order chi connectivity index (χ1) is 11.6. The van der Waals surface area contributed by atoms with E-state index in [-0.39, 0.29) is 22.7 Å². The van der Waals surface area contributed by atoms with Gasteiger partial charge in [0.15, 0.2) is 5.78 Å². The SMILES string of the molecule is O=C(c1ccccc1F)c1cc(Cl)ccc1NC(=O)[C@H]1CCCO1. The monoisotopic (exact) mass is 347 g/mol. The lowest BCUT2D eigenvalue weighted by Crippen LogP contribution is -2.27. The van der Waals surface area contributed by atoms with Crippen LogP contribution in [-0.2, 0) is 9.53 Å². The van der Waals surface area contributed by atoms with Crippen molar-refractivity contribution < 1.29 is 18.7 Å². The molecule has 0 aromatic heterocycles. The van der Waals surface area contributed by atoms with Gasteiger partial charge in [0.25, 0.3) is 5.91 Å². The molecule has 0 radical (unpaired) electrons. The molecule has 1 N–H and O–H groups in total. The van der Waals surface area contributed by atoms with Gasteiger partial charge in [0.05, 0.1) is 11.3 Å². The molecule has 124 valence electrons. The molecule has 0 aliphatic carbocycles. The van der Waals surface area contributed by atoms with Crippen LogP contribution in [0.3, 0.4) is 0 Å². The summed E-state index contributed by atoms with van der Waals surface area (Å²) in [5.74, 6) is -1.49. The fraction of sp³-hybridized carbons (Fsp3) is 0.222. The van der Waals surface area contributed by atoms with Crippen molar-refractivity contribution in [3.05, 3.63) is 64.4 Å². The topological polar surface area (TPSA) is 55.4 Å². The third kappa shape index (κ3) is 3.47. The van der Waals surface area contributed by atoms with Crippen molar-refractivity contribution in [3.8, 4) is 0 Å². The Morgan fingerprint density at radius 1 is 1.17 bits per heavy atom. The Hall–Kier alpha value is -2.24. The molecule has 1 heterocycles. The van der Waals surface area contributed by atoms with E-state index in [0.29, 0.717) is 18.1 Å². The molecule has 1 saturated heterocycles. The summed E-state index contributed by atoms with van der Waals surface area (Å²) in [7, 11) is 0. The smallest absolute Gasteiger partial charge is 0.253 e. The quantitative estimate of drug-likeness (QED) is 0.855. The third-order valence-electron chi connectivity index (χ3n) is 3.82. The van der Waals surface area contributed by atoms with Gasteiger partial charge in [0, 0.05) is 17.2 Å². The molecule has 0 spiro atoms. The largest absolute Gasteiger partial charge is 0.368 e. The highest BCUT2D eigenvalue weighted by Crippen LogP contribution is 2.25. The second kappa shape index (κ2) is 7.11. The number of amides is 1. The Kier molecular flexibility index (Phi) is 4.92. The first kappa shape index (κ1) is 16.6. The van der Waals surface area contributed by atoms with Gasteiger partial charge in [-0.15, -0.1) is 0 Å². The fourth-order valence-electron chi connectivity index (χ4n) is 2.60. The molecule has 0 unspecified atom stereocenters. The van der Waals surface area contributed by atoms with E-state index in [9.17, 15) is 14.0 Å². The summed E-state index contributed by atoms with van der Waals surface area (Å²) in [4.78, 5) is 24.9. The van der Waals surface area contributed by atoms with E-state index in [0.717, 1.165) is 6.42 Å². The van der Waals surface area contributed by atoms with Crippen LogP contribution in [0.5, 0.6) is 0 Å². The Morgan fingerprint density at radius 2 is 1.96 bits per heavy atom. The van der Waals surface area contributed by atoms with E-state index in [1.165, 1.54) is 30.3 Å². The predicted octanol–water partition coefficient (Wildman–Crippen LogP) is 3.83. The molecule has 1 amide bonds. The lowest BCUT2D eigenvalue weighted by atomic mass is 10.0. The van der Waals surface area contributed by atoms with E-state index >= 15 is 0 Å². The van der Waals surface area contributed by atoms with Crippen LogP contribution in [0.2, 0.25) is 5.02 Å². The van der Waals surface area contributed by atoms with E-state index in [4.69, 9.17) is 16.3 Å². The number of ketones is 1. The summed E-state index contributed by atoms with van der Waals surface area (Å²) >= 11 is 5.97. The number of carbonyl (C=O) groups excluding carboxylic acids is 2. The fourth-order valence-corrected chi connectivity index (χ4v) is 2.77. The molecule has 6 heteroatoms. The van der Waals surface area contributed by atoms with Crippen LogP contribution in [0.4, 0.5) is 10.1 Å². The minimum Gasteiger partial charge on any atom is -0.368 e. The van der Waals surface area contributed by atoms with Crippen molar-refractivity contribution >= 4 is 29.0 Å². The van der Waals surface area contributed by atoms with Crippen LogP contribution < -0.4 is 5.32 Å². The molecule has 2 aromatic carbocycles. The zero-order valence-electron chi connectivity index (χ0n) is 12.7.